The molecule has 0 spiro atoms. The Morgan fingerprint density at radius 1 is 1.45 bits per heavy atom. The van der Waals surface area contributed by atoms with Gasteiger partial charge in [-0.2, -0.15) is 4.39 Å². The van der Waals surface area contributed by atoms with Crippen molar-refractivity contribution in [1.29, 1.82) is 0 Å². The molecule has 106 valence electrons. The minimum absolute atomic E-state index is 0.216. The lowest BCUT2D eigenvalue weighted by Gasteiger charge is -2.23. The highest BCUT2D eigenvalue weighted by Crippen LogP contribution is 2.25. The van der Waals surface area contributed by atoms with E-state index in [1.54, 1.807) is 17.4 Å². The first-order valence-corrected chi connectivity index (χ1v) is 7.03. The highest BCUT2D eigenvalue weighted by Gasteiger charge is 2.16. The number of rotatable bonds is 5. The van der Waals surface area contributed by atoms with Gasteiger partial charge in [0.2, 0.25) is 5.82 Å². The average Bonchev–Trinajstić information content (AvgIpc) is 2.91. The summed E-state index contributed by atoms with van der Waals surface area (Å²) < 4.78 is 13.6. The molecule has 0 amide bonds. The second kappa shape index (κ2) is 6.11. The van der Waals surface area contributed by atoms with Gasteiger partial charge in [-0.3, -0.25) is 15.0 Å². The van der Waals surface area contributed by atoms with Gasteiger partial charge in [-0.25, -0.2) is 0 Å². The third-order valence-corrected chi connectivity index (χ3v) is 4.30. The summed E-state index contributed by atoms with van der Waals surface area (Å²) in [4.78, 5) is 13.2. The van der Waals surface area contributed by atoms with E-state index in [9.17, 15) is 14.5 Å². The number of hydrogen-bond acceptors (Lipinski definition) is 4. The van der Waals surface area contributed by atoms with E-state index in [0.717, 1.165) is 5.56 Å². The maximum absolute atomic E-state index is 13.6. The van der Waals surface area contributed by atoms with Crippen molar-refractivity contribution >= 4 is 17.0 Å². The van der Waals surface area contributed by atoms with E-state index in [1.165, 1.54) is 17.0 Å². The Morgan fingerprint density at radius 3 is 2.75 bits per heavy atom. The van der Waals surface area contributed by atoms with Crippen molar-refractivity contribution in [3.8, 4) is 0 Å². The monoisotopic (exact) mass is 294 g/mol. The molecular weight excluding hydrogens is 279 g/mol. The van der Waals surface area contributed by atoms with Gasteiger partial charge in [0.1, 0.15) is 0 Å². The molecule has 2 aromatic rings. The van der Waals surface area contributed by atoms with E-state index in [0.29, 0.717) is 6.54 Å². The summed E-state index contributed by atoms with van der Waals surface area (Å²) in [6, 6.07) is 8.31. The maximum Gasteiger partial charge on any atom is 0.304 e. The summed E-state index contributed by atoms with van der Waals surface area (Å²) in [7, 11) is 1.95. The second-order valence-electron chi connectivity index (χ2n) is 4.65. The fourth-order valence-corrected chi connectivity index (χ4v) is 2.82. The zero-order valence-corrected chi connectivity index (χ0v) is 12.1. The van der Waals surface area contributed by atoms with E-state index < -0.39 is 16.4 Å². The molecule has 1 unspecified atom stereocenters. The van der Waals surface area contributed by atoms with Gasteiger partial charge in [0.05, 0.1) is 4.92 Å². The van der Waals surface area contributed by atoms with Crippen LogP contribution in [0.2, 0.25) is 0 Å². The molecular formula is C14H15FN2O2S. The van der Waals surface area contributed by atoms with Gasteiger partial charge in [0.25, 0.3) is 0 Å². The number of nitrogens with zero attached hydrogens (tertiary/aromatic N) is 2. The molecule has 2 rings (SSSR count). The molecule has 4 nitrogen and oxygen atoms in total. The average molecular weight is 294 g/mol. The normalized spacial score (nSPS) is 12.6. The lowest BCUT2D eigenvalue weighted by molar-refractivity contribution is -0.387. The van der Waals surface area contributed by atoms with Crippen molar-refractivity contribution < 1.29 is 9.31 Å². The molecule has 1 aromatic carbocycles. The number of halogens is 1. The summed E-state index contributed by atoms with van der Waals surface area (Å²) in [5, 5.41) is 12.6. The summed E-state index contributed by atoms with van der Waals surface area (Å²) in [5.74, 6) is -0.787. The van der Waals surface area contributed by atoms with Crippen LogP contribution in [0.25, 0.3) is 0 Å². The minimum Gasteiger partial charge on any atom is -0.295 e. The Balaban J connectivity index is 2.10. The number of nitro benzene ring substituents is 1. The van der Waals surface area contributed by atoms with E-state index in [2.05, 4.69) is 17.9 Å². The van der Waals surface area contributed by atoms with Crippen LogP contribution in [0.1, 0.15) is 23.4 Å². The van der Waals surface area contributed by atoms with Gasteiger partial charge in [-0.15, -0.1) is 11.3 Å². The van der Waals surface area contributed by atoms with Crippen LogP contribution in [-0.4, -0.2) is 16.9 Å². The van der Waals surface area contributed by atoms with Gasteiger partial charge in [0, 0.05) is 23.5 Å². The smallest absolute Gasteiger partial charge is 0.295 e. The van der Waals surface area contributed by atoms with Gasteiger partial charge in [-0.05, 0) is 37.0 Å². The number of thiophene rings is 1. The number of benzene rings is 1. The van der Waals surface area contributed by atoms with Crippen LogP contribution in [0.15, 0.2) is 35.7 Å². The fraction of sp³-hybridized carbons (Fsp3) is 0.286. The van der Waals surface area contributed by atoms with Gasteiger partial charge in [-0.1, -0.05) is 12.1 Å². The van der Waals surface area contributed by atoms with Crippen LogP contribution < -0.4 is 0 Å². The predicted octanol–water partition coefficient (Wildman–Crippen LogP) is 3.99. The quantitative estimate of drug-likeness (QED) is 0.619. The SMILES string of the molecule is CC(c1cccs1)N(C)Cc1ccc([N+](=O)[O-])c(F)c1. The molecule has 0 saturated heterocycles. The van der Waals surface area contributed by atoms with Crippen molar-refractivity contribution in [3.05, 3.63) is 62.1 Å². The second-order valence-corrected chi connectivity index (χ2v) is 5.63. The number of nitro groups is 1. The van der Waals surface area contributed by atoms with Crippen LogP contribution in [0.3, 0.4) is 0 Å². The lowest BCUT2D eigenvalue weighted by atomic mass is 10.1. The highest BCUT2D eigenvalue weighted by molar-refractivity contribution is 7.10. The molecule has 20 heavy (non-hydrogen) atoms. The van der Waals surface area contributed by atoms with E-state index in [1.807, 2.05) is 18.5 Å². The molecule has 1 aromatic heterocycles. The summed E-state index contributed by atoms with van der Waals surface area (Å²) in [5.41, 5.74) is 0.238. The first-order chi connectivity index (χ1) is 9.49. The van der Waals surface area contributed by atoms with E-state index >= 15 is 0 Å². The standard InChI is InChI=1S/C14H15FN2O2S/c1-10(14-4-3-7-20-14)16(2)9-11-5-6-13(17(18)19)12(15)8-11/h3-8,10H,9H2,1-2H3. The summed E-state index contributed by atoms with van der Waals surface area (Å²) >= 11 is 1.67. The van der Waals surface area contributed by atoms with Gasteiger partial charge >= 0.3 is 5.69 Å². The Labute approximate surface area is 120 Å². The van der Waals surface area contributed by atoms with Crippen molar-refractivity contribution in [2.75, 3.05) is 7.05 Å². The summed E-state index contributed by atoms with van der Waals surface area (Å²) in [6.07, 6.45) is 0. The van der Waals surface area contributed by atoms with E-state index in [-0.39, 0.29) is 6.04 Å². The topological polar surface area (TPSA) is 46.4 Å². The first-order valence-electron chi connectivity index (χ1n) is 6.15. The van der Waals surface area contributed by atoms with Crippen LogP contribution in [0, 0.1) is 15.9 Å². The predicted molar refractivity (Wildman–Crippen MR) is 77.3 cm³/mol. The van der Waals surface area contributed by atoms with Crippen LogP contribution in [0.4, 0.5) is 10.1 Å². The molecule has 1 heterocycles. The Bertz CT molecular complexity index is 601. The molecule has 0 N–H and O–H groups in total. The van der Waals surface area contributed by atoms with Crippen molar-refractivity contribution in [2.24, 2.45) is 0 Å². The Hall–Kier alpha value is -1.79. The molecule has 1 atom stereocenters. The number of hydrogen-bond donors (Lipinski definition) is 0. The largest absolute Gasteiger partial charge is 0.304 e. The van der Waals surface area contributed by atoms with Crippen LogP contribution in [-0.2, 0) is 6.54 Å². The molecule has 0 saturated carbocycles. The van der Waals surface area contributed by atoms with Gasteiger partial charge in [0.15, 0.2) is 0 Å². The minimum atomic E-state index is -0.787. The van der Waals surface area contributed by atoms with Gasteiger partial charge < -0.3 is 0 Å². The first kappa shape index (κ1) is 14.6. The van der Waals surface area contributed by atoms with E-state index in [4.69, 9.17) is 0 Å². The molecule has 0 bridgehead atoms. The van der Waals surface area contributed by atoms with Crippen LogP contribution in [0.5, 0.6) is 0 Å². The lowest BCUT2D eigenvalue weighted by Crippen LogP contribution is -2.21. The molecule has 6 heteroatoms. The van der Waals surface area contributed by atoms with Crippen molar-refractivity contribution in [1.82, 2.24) is 4.90 Å². The fourth-order valence-electron chi connectivity index (χ4n) is 1.97. The molecule has 0 fully saturated rings. The molecule has 0 radical (unpaired) electrons. The van der Waals surface area contributed by atoms with Crippen molar-refractivity contribution in [3.63, 3.8) is 0 Å². The Morgan fingerprint density at radius 2 is 2.20 bits per heavy atom. The third-order valence-electron chi connectivity index (χ3n) is 3.26. The summed E-state index contributed by atoms with van der Waals surface area (Å²) in [6.45, 7) is 2.61. The maximum atomic E-state index is 13.6. The zero-order chi connectivity index (χ0) is 14.7. The molecule has 0 aliphatic carbocycles. The molecule has 0 aliphatic rings. The van der Waals surface area contributed by atoms with Crippen molar-refractivity contribution in [2.45, 2.75) is 19.5 Å². The third kappa shape index (κ3) is 3.20. The van der Waals surface area contributed by atoms with Crippen LogP contribution >= 0.6 is 11.3 Å². The highest BCUT2D eigenvalue weighted by atomic mass is 32.1. The zero-order valence-electron chi connectivity index (χ0n) is 11.2. The Kier molecular flexibility index (Phi) is 4.46. The molecule has 0 aliphatic heterocycles.